The van der Waals surface area contributed by atoms with Crippen LogP contribution in [0.4, 0.5) is 22.0 Å². The molecule has 0 aromatic rings. The molecule has 0 spiro atoms. The van der Waals surface area contributed by atoms with Gasteiger partial charge in [-0.15, -0.1) is 6.42 Å². The van der Waals surface area contributed by atoms with E-state index in [0.29, 0.717) is 0 Å². The lowest BCUT2D eigenvalue weighted by atomic mass is 10.1. The van der Waals surface area contributed by atoms with Crippen LogP contribution < -0.4 is 0 Å². The first-order valence-corrected chi connectivity index (χ1v) is 7.14. The molecule has 1 atom stereocenters. The Kier molecular flexibility index (Phi) is 4.34. The van der Waals surface area contributed by atoms with Crippen molar-refractivity contribution in [3.05, 3.63) is 0 Å². The molecular formula is C10H10F5NO3S. The molecule has 1 aliphatic rings. The van der Waals surface area contributed by atoms with Gasteiger partial charge in [-0.1, -0.05) is 5.92 Å². The first-order chi connectivity index (χ1) is 8.92. The highest BCUT2D eigenvalue weighted by molar-refractivity contribution is 7.91. The van der Waals surface area contributed by atoms with Crippen LogP contribution in [0.25, 0.3) is 0 Å². The lowest BCUT2D eigenvalue weighted by Gasteiger charge is -2.30. The van der Waals surface area contributed by atoms with Gasteiger partial charge in [-0.3, -0.25) is 4.79 Å². The Morgan fingerprint density at radius 3 is 2.20 bits per heavy atom. The lowest BCUT2D eigenvalue weighted by molar-refractivity contribution is -0.274. The highest BCUT2D eigenvalue weighted by Gasteiger charge is 2.65. The molecular weight excluding hydrogens is 309 g/mol. The predicted octanol–water partition coefficient (Wildman–Crippen LogP) is 0.833. The van der Waals surface area contributed by atoms with Gasteiger partial charge >= 0.3 is 18.0 Å². The second-order valence-corrected chi connectivity index (χ2v) is 6.49. The maximum Gasteiger partial charge on any atom is 0.463 e. The van der Waals surface area contributed by atoms with E-state index >= 15 is 0 Å². The second kappa shape index (κ2) is 5.20. The molecule has 1 heterocycles. The fraction of sp³-hybridized carbons (Fsp3) is 0.700. The molecule has 0 aliphatic carbocycles. The average molecular weight is 319 g/mol. The Bertz CT molecular complexity index is 534. The van der Waals surface area contributed by atoms with E-state index in [0.717, 1.165) is 0 Å². The van der Waals surface area contributed by atoms with Crippen molar-refractivity contribution in [2.45, 2.75) is 24.6 Å². The molecule has 114 valence electrons. The number of sulfone groups is 1. The maximum atomic E-state index is 13.0. The van der Waals surface area contributed by atoms with Crippen molar-refractivity contribution in [2.24, 2.45) is 0 Å². The van der Waals surface area contributed by atoms with Gasteiger partial charge in [0.2, 0.25) is 0 Å². The lowest BCUT2D eigenvalue weighted by Crippen LogP contribution is -2.55. The zero-order chi connectivity index (χ0) is 15.8. The standard InChI is InChI=1S/C10H10F5NO3S/c1-2-4-16(7-3-5-20(18,19)6-7)8(17)9(11,12)10(13,14)15/h1,7H,3-6H2. The Balaban J connectivity index is 3.04. The van der Waals surface area contributed by atoms with Crippen molar-refractivity contribution in [2.75, 3.05) is 18.1 Å². The number of nitrogens with zero attached hydrogens (tertiary/aromatic N) is 1. The first kappa shape index (κ1) is 16.7. The van der Waals surface area contributed by atoms with Gasteiger partial charge in [0.15, 0.2) is 9.84 Å². The third kappa shape index (κ3) is 3.20. The summed E-state index contributed by atoms with van der Waals surface area (Å²) in [4.78, 5) is 11.5. The van der Waals surface area contributed by atoms with Crippen molar-refractivity contribution in [3.8, 4) is 12.3 Å². The highest BCUT2D eigenvalue weighted by atomic mass is 32.2. The summed E-state index contributed by atoms with van der Waals surface area (Å²) in [5, 5.41) is 0. The molecule has 1 unspecified atom stereocenters. The van der Waals surface area contributed by atoms with E-state index in [1.54, 1.807) is 5.92 Å². The van der Waals surface area contributed by atoms with Gasteiger partial charge < -0.3 is 4.90 Å². The van der Waals surface area contributed by atoms with E-state index in [9.17, 15) is 35.2 Å². The van der Waals surface area contributed by atoms with Crippen molar-refractivity contribution < 1.29 is 35.2 Å². The smallest absolute Gasteiger partial charge is 0.322 e. The zero-order valence-electron chi connectivity index (χ0n) is 9.95. The van der Waals surface area contributed by atoms with Crippen molar-refractivity contribution in [1.82, 2.24) is 4.90 Å². The van der Waals surface area contributed by atoms with Crippen LogP contribution in [0.5, 0.6) is 0 Å². The van der Waals surface area contributed by atoms with Crippen LogP contribution in [-0.2, 0) is 14.6 Å². The highest BCUT2D eigenvalue weighted by Crippen LogP contribution is 2.37. The van der Waals surface area contributed by atoms with Crippen LogP contribution in [0.15, 0.2) is 0 Å². The number of rotatable bonds is 3. The summed E-state index contributed by atoms with van der Waals surface area (Å²) in [6.07, 6.45) is -1.44. The van der Waals surface area contributed by atoms with E-state index in [1.807, 2.05) is 0 Å². The summed E-state index contributed by atoms with van der Waals surface area (Å²) < 4.78 is 84.9. The zero-order valence-corrected chi connectivity index (χ0v) is 10.8. The molecule has 20 heavy (non-hydrogen) atoms. The molecule has 4 nitrogen and oxygen atoms in total. The van der Waals surface area contributed by atoms with Crippen LogP contribution in [0.2, 0.25) is 0 Å². The Morgan fingerprint density at radius 2 is 1.85 bits per heavy atom. The molecule has 1 rings (SSSR count). The fourth-order valence-corrected chi connectivity index (χ4v) is 3.52. The monoisotopic (exact) mass is 319 g/mol. The maximum absolute atomic E-state index is 13.0. The van der Waals surface area contributed by atoms with E-state index in [2.05, 4.69) is 0 Å². The molecule has 1 aliphatic heterocycles. The summed E-state index contributed by atoms with van der Waals surface area (Å²) in [6.45, 7) is -0.815. The number of carbonyl (C=O) groups is 1. The summed E-state index contributed by atoms with van der Waals surface area (Å²) in [6, 6.07) is -1.27. The molecule has 10 heteroatoms. The minimum atomic E-state index is -6.06. The van der Waals surface area contributed by atoms with E-state index in [1.165, 1.54) is 0 Å². The Morgan fingerprint density at radius 1 is 1.30 bits per heavy atom. The number of alkyl halides is 5. The molecule has 0 bridgehead atoms. The van der Waals surface area contributed by atoms with Crippen LogP contribution in [0.1, 0.15) is 6.42 Å². The minimum absolute atomic E-state index is 0.109. The summed E-state index contributed by atoms with van der Waals surface area (Å²) in [5.41, 5.74) is 0. The van der Waals surface area contributed by atoms with Crippen molar-refractivity contribution in [3.63, 3.8) is 0 Å². The van der Waals surface area contributed by atoms with E-state index < -0.39 is 46.2 Å². The van der Waals surface area contributed by atoms with Crippen LogP contribution in [0.3, 0.4) is 0 Å². The van der Waals surface area contributed by atoms with Crippen molar-refractivity contribution >= 4 is 15.7 Å². The van der Waals surface area contributed by atoms with Gasteiger partial charge in [-0.25, -0.2) is 8.42 Å². The van der Waals surface area contributed by atoms with E-state index in [-0.39, 0.29) is 17.1 Å². The number of hydrogen-bond acceptors (Lipinski definition) is 3. The number of hydrogen-bond donors (Lipinski definition) is 0. The van der Waals surface area contributed by atoms with Gasteiger partial charge in [0.05, 0.1) is 18.1 Å². The fourth-order valence-electron chi connectivity index (χ4n) is 1.79. The van der Waals surface area contributed by atoms with Crippen LogP contribution >= 0.6 is 0 Å². The summed E-state index contributed by atoms with van der Waals surface area (Å²) in [5.74, 6) is -7.40. The summed E-state index contributed by atoms with van der Waals surface area (Å²) in [7, 11) is -3.56. The number of amides is 1. The SMILES string of the molecule is C#CCN(C(=O)C(F)(F)C(F)(F)F)C1CCS(=O)(=O)C1. The molecule has 0 radical (unpaired) electrons. The first-order valence-electron chi connectivity index (χ1n) is 5.32. The number of halogens is 5. The molecule has 0 aromatic carbocycles. The molecule has 0 N–H and O–H groups in total. The van der Waals surface area contributed by atoms with Gasteiger partial charge in [-0.2, -0.15) is 22.0 Å². The van der Waals surface area contributed by atoms with Gasteiger partial charge in [-0.05, 0) is 6.42 Å². The third-order valence-electron chi connectivity index (χ3n) is 2.80. The average Bonchev–Trinajstić information content (AvgIpc) is 2.64. The Labute approximate surface area is 111 Å². The molecule has 1 amide bonds. The van der Waals surface area contributed by atoms with Gasteiger partial charge in [0.1, 0.15) is 0 Å². The summed E-state index contributed by atoms with van der Waals surface area (Å²) >= 11 is 0. The molecule has 0 saturated carbocycles. The number of carbonyl (C=O) groups excluding carboxylic acids is 1. The van der Waals surface area contributed by atoms with E-state index in [4.69, 9.17) is 6.42 Å². The molecule has 1 fully saturated rings. The van der Waals surface area contributed by atoms with Crippen molar-refractivity contribution in [1.29, 1.82) is 0 Å². The Hall–Kier alpha value is -1.37. The van der Waals surface area contributed by atoms with Crippen LogP contribution in [-0.4, -0.2) is 55.4 Å². The second-order valence-electron chi connectivity index (χ2n) is 4.27. The van der Waals surface area contributed by atoms with Gasteiger partial charge in [0.25, 0.3) is 0 Å². The largest absolute Gasteiger partial charge is 0.463 e. The third-order valence-corrected chi connectivity index (χ3v) is 4.55. The van der Waals surface area contributed by atoms with Gasteiger partial charge in [0, 0.05) is 6.04 Å². The number of terminal acetylenes is 1. The molecule has 0 aromatic heterocycles. The topological polar surface area (TPSA) is 54.5 Å². The normalized spacial score (nSPS) is 22.3. The van der Waals surface area contributed by atoms with Crippen LogP contribution in [0, 0.1) is 12.3 Å². The predicted molar refractivity (Wildman–Crippen MR) is 58.6 cm³/mol. The minimum Gasteiger partial charge on any atom is -0.322 e. The molecule has 1 saturated heterocycles. The quantitative estimate of drug-likeness (QED) is 0.572.